The summed E-state index contributed by atoms with van der Waals surface area (Å²) >= 11 is 0. The molecular formula is C22H21F2NO2S. The molecule has 0 aliphatic rings. The van der Waals surface area contributed by atoms with Gasteiger partial charge in [-0.25, -0.2) is 17.2 Å². The van der Waals surface area contributed by atoms with Crippen LogP contribution in [0.15, 0.2) is 71.6 Å². The fourth-order valence-corrected chi connectivity index (χ4v) is 5.12. The highest BCUT2D eigenvalue weighted by Crippen LogP contribution is 2.35. The van der Waals surface area contributed by atoms with Crippen molar-refractivity contribution in [1.82, 2.24) is 0 Å². The molecule has 3 aromatic carbocycles. The average Bonchev–Trinajstić information content (AvgIpc) is 2.61. The lowest BCUT2D eigenvalue weighted by atomic mass is 10.1. The summed E-state index contributed by atoms with van der Waals surface area (Å²) in [6.45, 7) is 5.03. The molecule has 0 N–H and O–H groups in total. The second-order valence-corrected chi connectivity index (χ2v) is 8.53. The molecule has 146 valence electrons. The minimum absolute atomic E-state index is 0.0152. The molecule has 0 radical (unpaired) electrons. The van der Waals surface area contributed by atoms with Crippen molar-refractivity contribution in [3.8, 4) is 0 Å². The van der Waals surface area contributed by atoms with E-state index in [0.717, 1.165) is 11.6 Å². The van der Waals surface area contributed by atoms with E-state index in [1.54, 1.807) is 43.3 Å². The van der Waals surface area contributed by atoms with E-state index in [1.807, 2.05) is 13.0 Å². The normalized spacial score (nSPS) is 12.6. The Morgan fingerprint density at radius 2 is 1.61 bits per heavy atom. The first kappa shape index (κ1) is 20.0. The molecule has 3 aromatic rings. The maximum atomic E-state index is 14.4. The quantitative estimate of drug-likeness (QED) is 0.563. The van der Waals surface area contributed by atoms with Crippen molar-refractivity contribution in [2.24, 2.45) is 0 Å². The molecule has 0 heterocycles. The molecule has 28 heavy (non-hydrogen) atoms. The zero-order valence-corrected chi connectivity index (χ0v) is 16.7. The third-order valence-corrected chi connectivity index (χ3v) is 6.70. The van der Waals surface area contributed by atoms with Crippen LogP contribution in [0.4, 0.5) is 14.5 Å². The predicted molar refractivity (Wildman–Crippen MR) is 107 cm³/mol. The minimum Gasteiger partial charge on any atom is -0.259 e. The van der Waals surface area contributed by atoms with Gasteiger partial charge in [0.25, 0.3) is 10.0 Å². The molecule has 1 atom stereocenters. The van der Waals surface area contributed by atoms with Crippen LogP contribution in [0.2, 0.25) is 0 Å². The molecule has 0 bridgehead atoms. The van der Waals surface area contributed by atoms with Crippen molar-refractivity contribution in [2.45, 2.75) is 31.7 Å². The summed E-state index contributed by atoms with van der Waals surface area (Å²) in [5.41, 5.74) is 1.83. The molecule has 0 saturated carbocycles. The van der Waals surface area contributed by atoms with Gasteiger partial charge in [-0.3, -0.25) is 4.31 Å². The smallest absolute Gasteiger partial charge is 0.259 e. The predicted octanol–water partition coefficient (Wildman–Crippen LogP) is 5.54. The first-order valence-electron chi connectivity index (χ1n) is 8.83. The third kappa shape index (κ3) is 3.78. The fourth-order valence-electron chi connectivity index (χ4n) is 3.28. The number of anilines is 1. The van der Waals surface area contributed by atoms with Crippen molar-refractivity contribution in [1.29, 1.82) is 0 Å². The molecule has 6 heteroatoms. The lowest BCUT2D eigenvalue weighted by Crippen LogP contribution is -2.34. The van der Waals surface area contributed by atoms with Crippen LogP contribution < -0.4 is 4.31 Å². The molecule has 1 unspecified atom stereocenters. The van der Waals surface area contributed by atoms with E-state index in [9.17, 15) is 17.2 Å². The minimum atomic E-state index is -4.08. The van der Waals surface area contributed by atoms with Gasteiger partial charge < -0.3 is 0 Å². The Morgan fingerprint density at radius 3 is 2.25 bits per heavy atom. The average molecular weight is 401 g/mol. The van der Waals surface area contributed by atoms with E-state index in [4.69, 9.17) is 0 Å². The van der Waals surface area contributed by atoms with Crippen LogP contribution >= 0.6 is 0 Å². The van der Waals surface area contributed by atoms with Crippen molar-refractivity contribution >= 4 is 15.7 Å². The van der Waals surface area contributed by atoms with Gasteiger partial charge in [-0.05, 0) is 68.3 Å². The van der Waals surface area contributed by atoms with Gasteiger partial charge in [0.2, 0.25) is 0 Å². The number of aryl methyl sites for hydroxylation is 2. The number of hydrogen-bond acceptors (Lipinski definition) is 2. The number of sulfonamides is 1. The number of nitrogens with zero attached hydrogens (tertiary/aromatic N) is 1. The molecule has 0 aliphatic heterocycles. The molecule has 0 saturated heterocycles. The van der Waals surface area contributed by atoms with E-state index in [-0.39, 0.29) is 10.5 Å². The fraction of sp³-hybridized carbons (Fsp3) is 0.182. The molecule has 0 amide bonds. The maximum Gasteiger partial charge on any atom is 0.265 e. The van der Waals surface area contributed by atoms with E-state index in [1.165, 1.54) is 29.4 Å². The van der Waals surface area contributed by atoms with Crippen LogP contribution in [0.1, 0.15) is 29.7 Å². The zero-order chi connectivity index (χ0) is 20.5. The largest absolute Gasteiger partial charge is 0.265 e. The summed E-state index contributed by atoms with van der Waals surface area (Å²) in [4.78, 5) is -0.0152. The van der Waals surface area contributed by atoms with Gasteiger partial charge in [0.1, 0.15) is 11.6 Å². The highest BCUT2D eigenvalue weighted by molar-refractivity contribution is 7.92. The van der Waals surface area contributed by atoms with Crippen LogP contribution in [-0.4, -0.2) is 8.42 Å². The topological polar surface area (TPSA) is 37.4 Å². The number of halogens is 2. The third-order valence-electron chi connectivity index (χ3n) is 4.64. The Kier molecular flexibility index (Phi) is 5.52. The van der Waals surface area contributed by atoms with Crippen LogP contribution in [0.5, 0.6) is 0 Å². The first-order valence-corrected chi connectivity index (χ1v) is 10.3. The van der Waals surface area contributed by atoms with Gasteiger partial charge >= 0.3 is 0 Å². The van der Waals surface area contributed by atoms with Crippen molar-refractivity contribution in [3.05, 3.63) is 95.1 Å². The molecule has 3 rings (SSSR count). The molecule has 0 aliphatic carbocycles. The van der Waals surface area contributed by atoms with Crippen molar-refractivity contribution < 1.29 is 17.2 Å². The number of rotatable bonds is 5. The molecule has 0 spiro atoms. The van der Waals surface area contributed by atoms with Gasteiger partial charge in [-0.15, -0.1) is 0 Å². The van der Waals surface area contributed by atoms with E-state index in [2.05, 4.69) is 0 Å². The summed E-state index contributed by atoms with van der Waals surface area (Å²) in [6, 6.07) is 15.8. The van der Waals surface area contributed by atoms with E-state index < -0.39 is 27.7 Å². The SMILES string of the molecule is Cc1cccc(N(C(C)c2ccccc2F)S(=O)(=O)c2ccc(F)cc2C)c1. The Balaban J connectivity index is 2.23. The van der Waals surface area contributed by atoms with E-state index >= 15 is 0 Å². The second-order valence-electron chi connectivity index (χ2n) is 6.75. The Labute approximate surface area is 164 Å². The van der Waals surface area contributed by atoms with E-state index in [0.29, 0.717) is 11.3 Å². The van der Waals surface area contributed by atoms with Gasteiger partial charge in [0.05, 0.1) is 16.6 Å². The van der Waals surface area contributed by atoms with Crippen LogP contribution in [0.25, 0.3) is 0 Å². The maximum absolute atomic E-state index is 14.4. The van der Waals surface area contributed by atoms with Gasteiger partial charge in [-0.2, -0.15) is 0 Å². The second kappa shape index (κ2) is 7.72. The first-order chi connectivity index (χ1) is 13.2. The van der Waals surface area contributed by atoms with Gasteiger partial charge in [0, 0.05) is 5.56 Å². The zero-order valence-electron chi connectivity index (χ0n) is 15.9. The highest BCUT2D eigenvalue weighted by atomic mass is 32.2. The van der Waals surface area contributed by atoms with Crippen molar-refractivity contribution in [2.75, 3.05) is 4.31 Å². The Morgan fingerprint density at radius 1 is 0.893 bits per heavy atom. The molecule has 0 aromatic heterocycles. The molecule has 3 nitrogen and oxygen atoms in total. The summed E-state index contributed by atoms with van der Waals surface area (Å²) in [5.74, 6) is -1.00. The van der Waals surface area contributed by atoms with Crippen LogP contribution in [0, 0.1) is 25.5 Å². The molecule has 0 fully saturated rings. The Bertz CT molecular complexity index is 1110. The summed E-state index contributed by atoms with van der Waals surface area (Å²) < 4.78 is 56.3. The Hall–Kier alpha value is -2.73. The highest BCUT2D eigenvalue weighted by Gasteiger charge is 2.32. The number of hydrogen-bond donors (Lipinski definition) is 0. The lowest BCUT2D eigenvalue weighted by molar-refractivity contribution is 0.568. The monoisotopic (exact) mass is 401 g/mol. The van der Waals surface area contributed by atoms with Gasteiger partial charge in [0.15, 0.2) is 0 Å². The van der Waals surface area contributed by atoms with Crippen molar-refractivity contribution in [3.63, 3.8) is 0 Å². The molecular weight excluding hydrogens is 380 g/mol. The van der Waals surface area contributed by atoms with Gasteiger partial charge in [-0.1, -0.05) is 30.3 Å². The summed E-state index contributed by atoms with van der Waals surface area (Å²) in [5, 5.41) is 0. The van der Waals surface area contributed by atoms with Crippen LogP contribution in [-0.2, 0) is 10.0 Å². The number of benzene rings is 3. The summed E-state index contributed by atoms with van der Waals surface area (Å²) in [6.07, 6.45) is 0. The standard InChI is InChI=1S/C22H21F2NO2S/c1-15-7-6-8-19(13-15)25(17(3)20-9-4-5-10-21(20)24)28(26,27)22-12-11-18(23)14-16(22)2/h4-14,17H,1-3H3. The summed E-state index contributed by atoms with van der Waals surface area (Å²) in [7, 11) is -4.08. The van der Waals surface area contributed by atoms with Crippen LogP contribution in [0.3, 0.4) is 0 Å². The lowest BCUT2D eigenvalue weighted by Gasteiger charge is -2.31.